The Morgan fingerprint density at radius 1 is 1.22 bits per heavy atom. The van der Waals surface area contributed by atoms with E-state index in [2.05, 4.69) is 16.9 Å². The molecule has 9 heteroatoms. The second kappa shape index (κ2) is 9.93. The SMILES string of the molecule is C=CCSc1ccccc1NC(=O)CSc1ccc(S(=O)(=O)N(C)C)cn1. The topological polar surface area (TPSA) is 79.4 Å². The first-order chi connectivity index (χ1) is 12.8. The van der Waals surface area contributed by atoms with Crippen LogP contribution in [-0.4, -0.2) is 49.2 Å². The number of thioether (sulfide) groups is 2. The molecule has 0 unspecified atom stereocenters. The second-order valence-electron chi connectivity index (χ2n) is 5.55. The lowest BCUT2D eigenvalue weighted by molar-refractivity contribution is -0.113. The fraction of sp³-hybridized carbons (Fsp3) is 0.222. The van der Waals surface area contributed by atoms with Gasteiger partial charge in [-0.25, -0.2) is 17.7 Å². The lowest BCUT2D eigenvalue weighted by atomic mass is 10.3. The highest BCUT2D eigenvalue weighted by Crippen LogP contribution is 2.27. The molecule has 1 aromatic heterocycles. The number of para-hydroxylation sites is 1. The summed E-state index contributed by atoms with van der Waals surface area (Å²) in [5.74, 6) is 0.777. The lowest BCUT2D eigenvalue weighted by Crippen LogP contribution is -2.22. The summed E-state index contributed by atoms with van der Waals surface area (Å²) in [6.45, 7) is 3.70. The Hall–Kier alpha value is -1.81. The summed E-state index contributed by atoms with van der Waals surface area (Å²) in [6.07, 6.45) is 3.11. The zero-order chi connectivity index (χ0) is 19.9. The summed E-state index contributed by atoms with van der Waals surface area (Å²) in [5.41, 5.74) is 0.760. The highest BCUT2D eigenvalue weighted by atomic mass is 32.2. The number of benzene rings is 1. The molecule has 6 nitrogen and oxygen atoms in total. The summed E-state index contributed by atoms with van der Waals surface area (Å²) < 4.78 is 25.2. The molecule has 144 valence electrons. The average Bonchev–Trinajstić information content (AvgIpc) is 2.66. The Labute approximate surface area is 168 Å². The van der Waals surface area contributed by atoms with E-state index in [0.29, 0.717) is 5.03 Å². The van der Waals surface area contributed by atoms with Crippen molar-refractivity contribution in [2.45, 2.75) is 14.8 Å². The van der Waals surface area contributed by atoms with E-state index >= 15 is 0 Å². The number of pyridine rings is 1. The van der Waals surface area contributed by atoms with Gasteiger partial charge in [-0.2, -0.15) is 0 Å². The van der Waals surface area contributed by atoms with E-state index in [0.717, 1.165) is 20.6 Å². The number of carbonyl (C=O) groups excluding carboxylic acids is 1. The Morgan fingerprint density at radius 3 is 2.59 bits per heavy atom. The number of aromatic nitrogens is 1. The molecule has 0 spiro atoms. The number of nitrogens with one attached hydrogen (secondary N) is 1. The Balaban J connectivity index is 1.96. The molecule has 0 aliphatic carbocycles. The molecule has 0 atom stereocenters. The maximum Gasteiger partial charge on any atom is 0.244 e. The maximum atomic E-state index is 12.2. The molecular weight excluding hydrogens is 402 g/mol. The minimum Gasteiger partial charge on any atom is -0.324 e. The van der Waals surface area contributed by atoms with Crippen LogP contribution in [0.1, 0.15) is 0 Å². The predicted molar refractivity (Wildman–Crippen MR) is 112 cm³/mol. The van der Waals surface area contributed by atoms with Gasteiger partial charge in [-0.15, -0.1) is 18.3 Å². The van der Waals surface area contributed by atoms with Crippen LogP contribution in [0.4, 0.5) is 5.69 Å². The van der Waals surface area contributed by atoms with Crippen molar-refractivity contribution in [3.8, 4) is 0 Å². The minimum absolute atomic E-state index is 0.120. The van der Waals surface area contributed by atoms with Crippen LogP contribution in [-0.2, 0) is 14.8 Å². The van der Waals surface area contributed by atoms with Crippen LogP contribution in [0.15, 0.2) is 70.1 Å². The van der Waals surface area contributed by atoms with Gasteiger partial charge >= 0.3 is 0 Å². The quantitative estimate of drug-likeness (QED) is 0.492. The van der Waals surface area contributed by atoms with E-state index in [4.69, 9.17) is 0 Å². The molecule has 1 aromatic carbocycles. The largest absolute Gasteiger partial charge is 0.324 e. The molecule has 2 rings (SSSR count). The van der Waals surface area contributed by atoms with Gasteiger partial charge in [0.25, 0.3) is 0 Å². The van der Waals surface area contributed by atoms with Crippen LogP contribution in [0.3, 0.4) is 0 Å². The second-order valence-corrected chi connectivity index (χ2v) is 9.76. The van der Waals surface area contributed by atoms with Gasteiger partial charge < -0.3 is 5.32 Å². The first kappa shape index (κ1) is 21.5. The van der Waals surface area contributed by atoms with Gasteiger partial charge in [0, 0.05) is 30.9 Å². The number of amides is 1. The molecule has 1 heterocycles. The molecule has 0 bridgehead atoms. The molecule has 0 saturated carbocycles. The normalized spacial score (nSPS) is 11.4. The van der Waals surface area contributed by atoms with Gasteiger partial charge in [0.1, 0.15) is 4.90 Å². The third-order valence-corrected chi connectivity index (χ3v) is 7.17. The van der Waals surface area contributed by atoms with Crippen molar-refractivity contribution >= 4 is 45.1 Å². The summed E-state index contributed by atoms with van der Waals surface area (Å²) >= 11 is 2.84. The van der Waals surface area contributed by atoms with Crippen molar-refractivity contribution in [2.75, 3.05) is 30.9 Å². The van der Waals surface area contributed by atoms with Crippen molar-refractivity contribution < 1.29 is 13.2 Å². The van der Waals surface area contributed by atoms with Crippen molar-refractivity contribution in [3.63, 3.8) is 0 Å². The van der Waals surface area contributed by atoms with Crippen LogP contribution in [0.5, 0.6) is 0 Å². The van der Waals surface area contributed by atoms with E-state index in [1.807, 2.05) is 30.3 Å². The van der Waals surface area contributed by atoms with Crippen LogP contribution < -0.4 is 5.32 Å². The smallest absolute Gasteiger partial charge is 0.244 e. The Morgan fingerprint density at radius 2 is 1.96 bits per heavy atom. The molecule has 1 amide bonds. The fourth-order valence-corrected chi connectivity index (χ4v) is 4.22. The van der Waals surface area contributed by atoms with E-state index < -0.39 is 10.0 Å². The molecule has 27 heavy (non-hydrogen) atoms. The number of carbonyl (C=O) groups is 1. The summed E-state index contributed by atoms with van der Waals surface area (Å²) in [7, 11) is -0.574. The molecule has 0 aliphatic rings. The standard InChI is InChI=1S/C18H21N3O3S3/c1-4-11-25-16-8-6-5-7-15(16)20-17(22)13-26-18-10-9-14(12-19-18)27(23,24)21(2)3/h4-10,12H,1,11,13H2,2-3H3,(H,20,22). The summed E-state index contributed by atoms with van der Waals surface area (Å²) in [4.78, 5) is 17.5. The van der Waals surface area contributed by atoms with Crippen molar-refractivity contribution in [3.05, 3.63) is 55.3 Å². The molecular formula is C18H21N3O3S3. The molecule has 0 saturated heterocycles. The van der Waals surface area contributed by atoms with Gasteiger partial charge in [-0.05, 0) is 24.3 Å². The number of rotatable bonds is 9. The molecule has 1 N–H and O–H groups in total. The van der Waals surface area contributed by atoms with Gasteiger partial charge in [0.05, 0.1) is 16.5 Å². The number of hydrogen-bond acceptors (Lipinski definition) is 6. The monoisotopic (exact) mass is 423 g/mol. The number of hydrogen-bond donors (Lipinski definition) is 1. The summed E-state index contributed by atoms with van der Waals surface area (Å²) in [6, 6.07) is 10.7. The first-order valence-electron chi connectivity index (χ1n) is 7.98. The van der Waals surface area contributed by atoms with E-state index in [-0.39, 0.29) is 16.6 Å². The van der Waals surface area contributed by atoms with E-state index in [1.165, 1.54) is 38.1 Å². The third-order valence-electron chi connectivity index (χ3n) is 3.36. The minimum atomic E-state index is -3.51. The average molecular weight is 424 g/mol. The predicted octanol–water partition coefficient (Wildman–Crippen LogP) is 3.34. The zero-order valence-electron chi connectivity index (χ0n) is 15.1. The van der Waals surface area contributed by atoms with Gasteiger partial charge in [-0.1, -0.05) is 30.0 Å². The van der Waals surface area contributed by atoms with Gasteiger partial charge in [0.2, 0.25) is 15.9 Å². The van der Waals surface area contributed by atoms with Crippen molar-refractivity contribution in [1.82, 2.24) is 9.29 Å². The van der Waals surface area contributed by atoms with Crippen molar-refractivity contribution in [2.24, 2.45) is 0 Å². The lowest BCUT2D eigenvalue weighted by Gasteiger charge is -2.11. The van der Waals surface area contributed by atoms with Crippen molar-refractivity contribution in [1.29, 1.82) is 0 Å². The molecule has 2 aromatic rings. The highest BCUT2D eigenvalue weighted by Gasteiger charge is 2.17. The number of nitrogens with zero attached hydrogens (tertiary/aromatic N) is 2. The zero-order valence-corrected chi connectivity index (χ0v) is 17.5. The maximum absolute atomic E-state index is 12.2. The first-order valence-corrected chi connectivity index (χ1v) is 11.4. The molecule has 0 aliphatic heterocycles. The van der Waals surface area contributed by atoms with Crippen LogP contribution in [0, 0.1) is 0 Å². The fourth-order valence-electron chi connectivity index (χ4n) is 1.99. The van der Waals surface area contributed by atoms with Crippen LogP contribution >= 0.6 is 23.5 Å². The number of sulfonamides is 1. The summed E-state index contributed by atoms with van der Waals surface area (Å²) in [5, 5.41) is 3.48. The van der Waals surface area contributed by atoms with Gasteiger partial charge in [-0.3, -0.25) is 4.79 Å². The van der Waals surface area contributed by atoms with E-state index in [1.54, 1.807) is 17.8 Å². The third kappa shape index (κ3) is 6.10. The number of anilines is 1. The van der Waals surface area contributed by atoms with E-state index in [9.17, 15) is 13.2 Å². The highest BCUT2D eigenvalue weighted by molar-refractivity contribution is 8.00. The molecule has 0 fully saturated rings. The van der Waals surface area contributed by atoms with Crippen LogP contribution in [0.2, 0.25) is 0 Å². The Bertz CT molecular complexity index is 898. The van der Waals surface area contributed by atoms with Gasteiger partial charge in [0.15, 0.2) is 0 Å². The Kier molecular flexibility index (Phi) is 7.91. The van der Waals surface area contributed by atoms with Crippen LogP contribution in [0.25, 0.3) is 0 Å². The molecule has 0 radical (unpaired) electrons.